The molecule has 0 saturated heterocycles. The molecule has 1 atom stereocenters. The van der Waals surface area contributed by atoms with Gasteiger partial charge in [-0.2, -0.15) is 0 Å². The van der Waals surface area contributed by atoms with E-state index in [1.807, 2.05) is 30.3 Å². The van der Waals surface area contributed by atoms with Gasteiger partial charge in [-0.1, -0.05) is 36.0 Å². The van der Waals surface area contributed by atoms with E-state index in [0.29, 0.717) is 35.6 Å². The predicted molar refractivity (Wildman–Crippen MR) is 125 cm³/mol. The monoisotopic (exact) mass is 454 g/mol. The number of hydrogen-bond donors (Lipinski definition) is 2. The number of imide groups is 1. The maximum absolute atomic E-state index is 13.2. The van der Waals surface area contributed by atoms with Gasteiger partial charge in [0, 0.05) is 13.1 Å². The average Bonchev–Trinajstić information content (AvgIpc) is 2.79. The van der Waals surface area contributed by atoms with Crippen molar-refractivity contribution >= 4 is 34.6 Å². The lowest BCUT2D eigenvalue weighted by Crippen LogP contribution is -2.42. The predicted octanol–water partition coefficient (Wildman–Crippen LogP) is 2.97. The van der Waals surface area contributed by atoms with Gasteiger partial charge in [-0.15, -0.1) is 0 Å². The standard InChI is InChI=1S/C23H26N4O4S/c1-4-24-22(30)26-20(28)15(2)32-23-25-19-8-6-5-7-18(19)21(29)27(23)14-13-16-9-11-17(31-3)12-10-16/h5-12,15H,4,13-14H2,1-3H3,(H2,24,26,28,30)/t15-/m0/s1. The van der Waals surface area contributed by atoms with Gasteiger partial charge >= 0.3 is 6.03 Å². The Hall–Kier alpha value is -3.33. The lowest BCUT2D eigenvalue weighted by molar-refractivity contribution is -0.119. The fourth-order valence-corrected chi connectivity index (χ4v) is 4.03. The Morgan fingerprint density at radius 1 is 1.16 bits per heavy atom. The van der Waals surface area contributed by atoms with E-state index in [1.165, 1.54) is 0 Å². The van der Waals surface area contributed by atoms with Gasteiger partial charge in [0.05, 0.1) is 23.3 Å². The number of fused-ring (bicyclic) bond motifs is 1. The highest BCUT2D eigenvalue weighted by Crippen LogP contribution is 2.23. The number of methoxy groups -OCH3 is 1. The minimum atomic E-state index is -0.627. The molecule has 3 rings (SSSR count). The molecular weight excluding hydrogens is 428 g/mol. The molecule has 168 valence electrons. The summed E-state index contributed by atoms with van der Waals surface area (Å²) in [4.78, 5) is 41.9. The Balaban J connectivity index is 1.87. The van der Waals surface area contributed by atoms with Crippen LogP contribution in [-0.4, -0.2) is 40.4 Å². The molecule has 8 nitrogen and oxygen atoms in total. The average molecular weight is 455 g/mol. The third kappa shape index (κ3) is 5.67. The van der Waals surface area contributed by atoms with E-state index in [9.17, 15) is 14.4 Å². The van der Waals surface area contributed by atoms with Gasteiger partial charge in [-0.05, 0) is 50.1 Å². The van der Waals surface area contributed by atoms with Gasteiger partial charge in [0.25, 0.3) is 5.56 Å². The summed E-state index contributed by atoms with van der Waals surface area (Å²) in [7, 11) is 1.61. The van der Waals surface area contributed by atoms with Crippen LogP contribution in [0.25, 0.3) is 10.9 Å². The van der Waals surface area contributed by atoms with Gasteiger partial charge in [-0.25, -0.2) is 9.78 Å². The molecule has 32 heavy (non-hydrogen) atoms. The van der Waals surface area contributed by atoms with E-state index in [0.717, 1.165) is 23.1 Å². The molecule has 1 aromatic heterocycles. The van der Waals surface area contributed by atoms with Crippen molar-refractivity contribution < 1.29 is 14.3 Å². The maximum Gasteiger partial charge on any atom is 0.321 e. The zero-order chi connectivity index (χ0) is 23.1. The van der Waals surface area contributed by atoms with E-state index in [4.69, 9.17) is 4.74 Å². The van der Waals surface area contributed by atoms with Gasteiger partial charge in [0.2, 0.25) is 5.91 Å². The largest absolute Gasteiger partial charge is 0.497 e. The highest BCUT2D eigenvalue weighted by atomic mass is 32.2. The summed E-state index contributed by atoms with van der Waals surface area (Å²) in [5, 5.41) is 5.15. The number of ether oxygens (including phenoxy) is 1. The summed E-state index contributed by atoms with van der Waals surface area (Å²) in [6.07, 6.45) is 0.608. The van der Waals surface area contributed by atoms with Crippen LogP contribution in [0, 0.1) is 0 Å². The Bertz CT molecular complexity index is 1160. The maximum atomic E-state index is 13.2. The Morgan fingerprint density at radius 2 is 1.88 bits per heavy atom. The molecule has 0 radical (unpaired) electrons. The molecule has 0 aliphatic rings. The lowest BCUT2D eigenvalue weighted by atomic mass is 10.1. The van der Waals surface area contributed by atoms with Crippen LogP contribution in [0.3, 0.4) is 0 Å². The summed E-state index contributed by atoms with van der Waals surface area (Å²) in [5.74, 6) is 0.312. The van der Waals surface area contributed by atoms with Crippen molar-refractivity contribution in [3.05, 3.63) is 64.4 Å². The third-order valence-electron chi connectivity index (χ3n) is 4.84. The zero-order valence-corrected chi connectivity index (χ0v) is 19.1. The molecule has 2 aromatic carbocycles. The van der Waals surface area contributed by atoms with Crippen LogP contribution in [0.4, 0.5) is 4.79 Å². The van der Waals surface area contributed by atoms with Gasteiger partial charge in [0.15, 0.2) is 5.16 Å². The van der Waals surface area contributed by atoms with E-state index >= 15 is 0 Å². The van der Waals surface area contributed by atoms with Crippen LogP contribution in [0.2, 0.25) is 0 Å². The van der Waals surface area contributed by atoms with Crippen LogP contribution in [-0.2, 0) is 17.8 Å². The number of carbonyl (C=O) groups excluding carboxylic acids is 2. The van der Waals surface area contributed by atoms with Crippen molar-refractivity contribution in [2.24, 2.45) is 0 Å². The SMILES string of the molecule is CCNC(=O)NC(=O)[C@H](C)Sc1nc2ccccc2c(=O)n1CCc1ccc(OC)cc1. The molecule has 0 bridgehead atoms. The molecule has 0 fully saturated rings. The highest BCUT2D eigenvalue weighted by Gasteiger charge is 2.21. The number of aromatic nitrogens is 2. The van der Waals surface area contributed by atoms with Crippen LogP contribution < -0.4 is 20.9 Å². The normalized spacial score (nSPS) is 11.7. The number of para-hydroxylation sites is 1. The second kappa shape index (κ2) is 10.8. The number of aryl methyl sites for hydroxylation is 1. The van der Waals surface area contributed by atoms with E-state index in [2.05, 4.69) is 15.6 Å². The second-order valence-electron chi connectivity index (χ2n) is 7.08. The molecular formula is C23H26N4O4S. The minimum absolute atomic E-state index is 0.164. The molecule has 1 heterocycles. The van der Waals surface area contributed by atoms with E-state index in [1.54, 1.807) is 43.7 Å². The molecule has 9 heteroatoms. The molecule has 0 aliphatic carbocycles. The minimum Gasteiger partial charge on any atom is -0.497 e. The Morgan fingerprint density at radius 3 is 2.56 bits per heavy atom. The Kier molecular flexibility index (Phi) is 7.88. The van der Waals surface area contributed by atoms with Gasteiger partial charge < -0.3 is 10.1 Å². The van der Waals surface area contributed by atoms with E-state index < -0.39 is 17.2 Å². The first-order chi connectivity index (χ1) is 15.4. The smallest absolute Gasteiger partial charge is 0.321 e. The topological polar surface area (TPSA) is 102 Å². The van der Waals surface area contributed by atoms with Crippen molar-refractivity contribution in [1.29, 1.82) is 0 Å². The van der Waals surface area contributed by atoms with Crippen LogP contribution in [0.1, 0.15) is 19.4 Å². The number of urea groups is 1. The number of carbonyl (C=O) groups is 2. The number of rotatable bonds is 8. The molecule has 0 aliphatic heterocycles. The quantitative estimate of drug-likeness (QED) is 0.401. The molecule has 2 N–H and O–H groups in total. The number of amides is 3. The molecule has 0 unspecified atom stereocenters. The van der Waals surface area contributed by atoms with Crippen molar-refractivity contribution in [2.45, 2.75) is 37.2 Å². The number of hydrogen-bond acceptors (Lipinski definition) is 6. The molecule has 0 saturated carbocycles. The number of nitrogens with one attached hydrogen (secondary N) is 2. The van der Waals surface area contributed by atoms with Crippen molar-refractivity contribution in [1.82, 2.24) is 20.2 Å². The number of thioether (sulfide) groups is 1. The molecule has 0 spiro atoms. The van der Waals surface area contributed by atoms with Gasteiger partial charge in [-0.3, -0.25) is 19.5 Å². The second-order valence-corrected chi connectivity index (χ2v) is 8.38. The number of nitrogens with zero attached hydrogens (tertiary/aromatic N) is 2. The third-order valence-corrected chi connectivity index (χ3v) is 5.93. The van der Waals surface area contributed by atoms with Crippen molar-refractivity contribution in [3.8, 4) is 5.75 Å². The van der Waals surface area contributed by atoms with Crippen LogP contribution in [0.5, 0.6) is 5.75 Å². The van der Waals surface area contributed by atoms with Crippen molar-refractivity contribution in [3.63, 3.8) is 0 Å². The zero-order valence-electron chi connectivity index (χ0n) is 18.3. The Labute approximate surface area is 190 Å². The van der Waals surface area contributed by atoms with Crippen LogP contribution >= 0.6 is 11.8 Å². The number of benzene rings is 2. The lowest BCUT2D eigenvalue weighted by Gasteiger charge is -2.16. The molecule has 3 aromatic rings. The highest BCUT2D eigenvalue weighted by molar-refractivity contribution is 8.00. The van der Waals surface area contributed by atoms with Crippen molar-refractivity contribution in [2.75, 3.05) is 13.7 Å². The summed E-state index contributed by atoms with van der Waals surface area (Å²) < 4.78 is 6.78. The van der Waals surface area contributed by atoms with E-state index in [-0.39, 0.29) is 5.56 Å². The summed E-state index contributed by atoms with van der Waals surface area (Å²) in [5.41, 5.74) is 1.45. The summed E-state index contributed by atoms with van der Waals surface area (Å²) in [6.45, 7) is 4.25. The van der Waals surface area contributed by atoms with Gasteiger partial charge in [0.1, 0.15) is 5.75 Å². The summed E-state index contributed by atoms with van der Waals surface area (Å²) in [6, 6.07) is 14.2. The molecule has 3 amide bonds. The first-order valence-electron chi connectivity index (χ1n) is 10.3. The fraction of sp³-hybridized carbons (Fsp3) is 0.304. The first-order valence-corrected chi connectivity index (χ1v) is 11.2. The first kappa shape index (κ1) is 23.3. The summed E-state index contributed by atoms with van der Waals surface area (Å²) >= 11 is 1.15. The fourth-order valence-electron chi connectivity index (χ4n) is 3.10. The van der Waals surface area contributed by atoms with Crippen LogP contribution in [0.15, 0.2) is 58.5 Å².